The van der Waals surface area contributed by atoms with Crippen molar-refractivity contribution in [1.29, 1.82) is 0 Å². The third-order valence-electron chi connectivity index (χ3n) is 6.51. The summed E-state index contributed by atoms with van der Waals surface area (Å²) in [5.74, 6) is -1.55. The van der Waals surface area contributed by atoms with Gasteiger partial charge in [-0.05, 0) is 42.7 Å². The van der Waals surface area contributed by atoms with Gasteiger partial charge in [0.1, 0.15) is 6.61 Å². The van der Waals surface area contributed by atoms with Crippen LogP contribution in [-0.4, -0.2) is 22.5 Å². The number of nitro benzene ring substituents is 1. The van der Waals surface area contributed by atoms with Crippen LogP contribution in [0, 0.1) is 16.0 Å². The lowest BCUT2D eigenvalue weighted by molar-refractivity contribution is -0.384. The molecule has 0 saturated heterocycles. The van der Waals surface area contributed by atoms with Crippen LogP contribution in [0.25, 0.3) is 6.08 Å². The van der Waals surface area contributed by atoms with Crippen molar-refractivity contribution in [2.45, 2.75) is 25.3 Å². The molecule has 0 radical (unpaired) electrons. The molecule has 1 N–H and O–H groups in total. The van der Waals surface area contributed by atoms with Crippen molar-refractivity contribution in [3.05, 3.63) is 136 Å². The average molecular weight is 496 g/mol. The third kappa shape index (κ3) is 6.01. The van der Waals surface area contributed by atoms with Crippen molar-refractivity contribution in [2.24, 2.45) is 5.92 Å². The number of nitrogens with one attached hydrogen (secondary N) is 1. The van der Waals surface area contributed by atoms with E-state index in [0.717, 1.165) is 16.8 Å². The highest BCUT2D eigenvalue weighted by molar-refractivity contribution is 5.77. The number of esters is 1. The largest absolute Gasteiger partial charge is 0.461 e. The first-order valence-corrected chi connectivity index (χ1v) is 12.0. The van der Waals surface area contributed by atoms with E-state index in [2.05, 4.69) is 10.3 Å². The number of hydrogen-bond donors (Lipinski definition) is 1. The molecule has 3 atom stereocenters. The lowest BCUT2D eigenvalue weighted by atomic mass is 9.68. The molecular formula is C30H29N3O4. The van der Waals surface area contributed by atoms with Gasteiger partial charge in [-0.3, -0.25) is 19.9 Å². The Kier molecular flexibility index (Phi) is 7.93. The molecule has 0 saturated carbocycles. The van der Waals surface area contributed by atoms with Gasteiger partial charge in [-0.15, -0.1) is 0 Å². The highest BCUT2D eigenvalue weighted by atomic mass is 16.6. The van der Waals surface area contributed by atoms with Gasteiger partial charge in [0.25, 0.3) is 5.69 Å². The second-order valence-corrected chi connectivity index (χ2v) is 9.10. The zero-order chi connectivity index (χ0) is 26.3. The van der Waals surface area contributed by atoms with Crippen molar-refractivity contribution in [2.75, 3.05) is 6.61 Å². The topological polar surface area (TPSA) is 94.4 Å². The molecule has 7 nitrogen and oxygen atoms in total. The Labute approximate surface area is 216 Å². The Bertz CT molecular complexity index is 1340. The second kappa shape index (κ2) is 11.5. The summed E-state index contributed by atoms with van der Waals surface area (Å²) in [6.45, 7) is 3.96. The minimum atomic E-state index is -0.851. The third-order valence-corrected chi connectivity index (χ3v) is 6.51. The zero-order valence-electron chi connectivity index (χ0n) is 20.8. The van der Waals surface area contributed by atoms with Crippen molar-refractivity contribution >= 4 is 17.7 Å². The standard InChI is InChI=1S/C30H29N3O4/c1-22-19-27(24-14-9-16-26(20-24)33(35)36)28(30(2,32-22)25-15-10-17-31-21-25)29(34)37-18-8-4-7-13-23-11-5-3-6-12-23/h3-17,19-21,27-28,32H,18H2,1-2H3. The number of nitrogens with zero attached hydrogens (tertiary/aromatic N) is 2. The van der Waals surface area contributed by atoms with Gasteiger partial charge in [0.2, 0.25) is 0 Å². The summed E-state index contributed by atoms with van der Waals surface area (Å²) in [4.78, 5) is 28.9. The van der Waals surface area contributed by atoms with Crippen LogP contribution in [0.5, 0.6) is 0 Å². The van der Waals surface area contributed by atoms with Crippen LogP contribution in [0.2, 0.25) is 0 Å². The van der Waals surface area contributed by atoms with E-state index in [4.69, 9.17) is 4.74 Å². The number of non-ortho nitro benzene ring substituents is 1. The van der Waals surface area contributed by atoms with Gasteiger partial charge in [-0.1, -0.05) is 72.8 Å². The monoisotopic (exact) mass is 495 g/mol. The molecule has 0 fully saturated rings. The second-order valence-electron chi connectivity index (χ2n) is 9.10. The van der Waals surface area contributed by atoms with Gasteiger partial charge in [0.05, 0.1) is 16.4 Å². The quantitative estimate of drug-likeness (QED) is 0.180. The fourth-order valence-corrected chi connectivity index (χ4v) is 4.78. The molecule has 2 heterocycles. The van der Waals surface area contributed by atoms with Crippen LogP contribution in [0.3, 0.4) is 0 Å². The molecule has 1 aromatic heterocycles. The summed E-state index contributed by atoms with van der Waals surface area (Å²) in [7, 11) is 0. The van der Waals surface area contributed by atoms with Crippen LogP contribution in [0.1, 0.15) is 36.5 Å². The number of aromatic nitrogens is 1. The molecule has 0 amide bonds. The predicted molar refractivity (Wildman–Crippen MR) is 143 cm³/mol. The summed E-state index contributed by atoms with van der Waals surface area (Å²) in [6.07, 6.45) is 12.8. The van der Waals surface area contributed by atoms with Gasteiger partial charge in [0.15, 0.2) is 0 Å². The molecule has 7 heteroatoms. The summed E-state index contributed by atoms with van der Waals surface area (Å²) >= 11 is 0. The van der Waals surface area contributed by atoms with E-state index in [9.17, 15) is 14.9 Å². The number of allylic oxidation sites excluding steroid dienone is 4. The van der Waals surface area contributed by atoms with Gasteiger partial charge in [0, 0.05) is 36.1 Å². The van der Waals surface area contributed by atoms with E-state index in [1.807, 2.05) is 86.7 Å². The average Bonchev–Trinajstić information content (AvgIpc) is 2.91. The Balaban J connectivity index is 1.61. The molecule has 3 unspecified atom stereocenters. The number of carbonyl (C=O) groups is 1. The Morgan fingerprint density at radius 2 is 1.95 bits per heavy atom. The number of carbonyl (C=O) groups excluding carboxylic acids is 1. The first kappa shape index (κ1) is 25.6. The van der Waals surface area contributed by atoms with Crippen molar-refractivity contribution < 1.29 is 14.5 Å². The predicted octanol–water partition coefficient (Wildman–Crippen LogP) is 5.92. The number of pyridine rings is 1. The molecule has 1 aliphatic rings. The summed E-state index contributed by atoms with van der Waals surface area (Å²) in [6, 6.07) is 20.1. The van der Waals surface area contributed by atoms with E-state index in [1.165, 1.54) is 12.1 Å². The number of nitro groups is 1. The molecule has 3 aromatic rings. The maximum atomic E-state index is 13.7. The van der Waals surface area contributed by atoms with Crippen LogP contribution in [0.15, 0.2) is 109 Å². The van der Waals surface area contributed by atoms with Crippen molar-refractivity contribution in [3.8, 4) is 0 Å². The van der Waals surface area contributed by atoms with Crippen molar-refractivity contribution in [3.63, 3.8) is 0 Å². The molecule has 0 bridgehead atoms. The minimum absolute atomic E-state index is 0.0228. The number of ether oxygens (including phenoxy) is 1. The molecule has 0 aliphatic carbocycles. The summed E-state index contributed by atoms with van der Waals surface area (Å²) < 4.78 is 5.73. The van der Waals surface area contributed by atoms with Gasteiger partial charge in [-0.2, -0.15) is 0 Å². The molecule has 37 heavy (non-hydrogen) atoms. The Morgan fingerprint density at radius 3 is 2.68 bits per heavy atom. The van der Waals surface area contributed by atoms with E-state index >= 15 is 0 Å². The smallest absolute Gasteiger partial charge is 0.312 e. The lowest BCUT2D eigenvalue weighted by Gasteiger charge is -2.45. The number of rotatable bonds is 8. The zero-order valence-corrected chi connectivity index (χ0v) is 20.8. The van der Waals surface area contributed by atoms with Gasteiger partial charge >= 0.3 is 5.97 Å². The number of benzene rings is 2. The van der Waals surface area contributed by atoms with Crippen LogP contribution in [-0.2, 0) is 15.1 Å². The van der Waals surface area contributed by atoms with E-state index in [1.54, 1.807) is 24.5 Å². The van der Waals surface area contributed by atoms with Gasteiger partial charge < -0.3 is 10.1 Å². The highest BCUT2D eigenvalue weighted by Gasteiger charge is 2.49. The molecule has 1 aliphatic heterocycles. The molecule has 2 aromatic carbocycles. The summed E-state index contributed by atoms with van der Waals surface area (Å²) in [5, 5.41) is 14.9. The number of hydrogen-bond acceptors (Lipinski definition) is 6. The highest BCUT2D eigenvalue weighted by Crippen LogP contribution is 2.45. The Hall–Kier alpha value is -4.52. The van der Waals surface area contributed by atoms with Crippen molar-refractivity contribution in [1.82, 2.24) is 10.3 Å². The van der Waals surface area contributed by atoms with Crippen LogP contribution in [0.4, 0.5) is 5.69 Å². The van der Waals surface area contributed by atoms with E-state index < -0.39 is 28.3 Å². The molecule has 188 valence electrons. The molecule has 4 rings (SSSR count). The summed E-state index contributed by atoms with van der Waals surface area (Å²) in [5.41, 5.74) is 2.56. The Morgan fingerprint density at radius 1 is 1.14 bits per heavy atom. The van der Waals surface area contributed by atoms with Gasteiger partial charge in [-0.25, -0.2) is 0 Å². The van der Waals surface area contributed by atoms with Crippen LogP contribution >= 0.6 is 0 Å². The minimum Gasteiger partial charge on any atom is -0.461 e. The first-order valence-electron chi connectivity index (χ1n) is 12.0. The van der Waals surface area contributed by atoms with Crippen LogP contribution < -0.4 is 5.32 Å². The molecular weight excluding hydrogens is 466 g/mol. The maximum absolute atomic E-state index is 13.7. The first-order chi connectivity index (χ1) is 17.9. The SMILES string of the molecule is CC1=CC(c2cccc([N+](=O)[O-])c2)C(C(=O)OCC=CC=Cc2ccccc2)C(C)(c2cccnc2)N1. The maximum Gasteiger partial charge on any atom is 0.312 e. The molecule has 0 spiro atoms. The fourth-order valence-electron chi connectivity index (χ4n) is 4.78. The van der Waals surface area contributed by atoms with E-state index in [-0.39, 0.29) is 12.3 Å². The van der Waals surface area contributed by atoms with E-state index in [0.29, 0.717) is 5.56 Å². The fraction of sp³-hybridized carbons (Fsp3) is 0.200. The normalized spacial score (nSPS) is 21.4. The lowest BCUT2D eigenvalue weighted by Crippen LogP contribution is -2.53.